The summed E-state index contributed by atoms with van der Waals surface area (Å²) in [5.41, 5.74) is 2.75. The molecular formula is C16H15ClO2. The van der Waals surface area contributed by atoms with Crippen LogP contribution < -0.4 is 4.74 Å². The predicted molar refractivity (Wildman–Crippen MR) is 77.0 cm³/mol. The molecular weight excluding hydrogens is 260 g/mol. The summed E-state index contributed by atoms with van der Waals surface area (Å²) in [6, 6.07) is 13.4. The lowest BCUT2D eigenvalue weighted by molar-refractivity contribution is 0.111. The molecule has 2 aromatic rings. The van der Waals surface area contributed by atoms with Crippen molar-refractivity contribution in [1.29, 1.82) is 0 Å². The average molecular weight is 275 g/mol. The van der Waals surface area contributed by atoms with Crippen molar-refractivity contribution in [3.05, 3.63) is 64.2 Å². The van der Waals surface area contributed by atoms with Crippen molar-refractivity contribution in [2.75, 3.05) is 0 Å². The van der Waals surface area contributed by atoms with Crippen LogP contribution in [0, 0.1) is 0 Å². The lowest BCUT2D eigenvalue weighted by Gasteiger charge is -2.09. The van der Waals surface area contributed by atoms with Gasteiger partial charge >= 0.3 is 0 Å². The minimum atomic E-state index is 0.398. The Kier molecular flexibility index (Phi) is 4.58. The van der Waals surface area contributed by atoms with E-state index in [-0.39, 0.29) is 0 Å². The molecule has 0 saturated carbocycles. The minimum absolute atomic E-state index is 0.398. The number of rotatable bonds is 5. The fourth-order valence-corrected chi connectivity index (χ4v) is 2.00. The SMILES string of the molecule is CCc1ccc(COc2cccc(Cl)c2C=O)cc1. The highest BCUT2D eigenvalue weighted by molar-refractivity contribution is 6.33. The smallest absolute Gasteiger partial charge is 0.155 e. The molecule has 0 N–H and O–H groups in total. The van der Waals surface area contributed by atoms with E-state index < -0.39 is 0 Å². The van der Waals surface area contributed by atoms with Crippen LogP contribution in [0.5, 0.6) is 5.75 Å². The minimum Gasteiger partial charge on any atom is -0.488 e. The van der Waals surface area contributed by atoms with Crippen molar-refractivity contribution < 1.29 is 9.53 Å². The normalized spacial score (nSPS) is 10.2. The van der Waals surface area contributed by atoms with Crippen molar-refractivity contribution in [2.24, 2.45) is 0 Å². The number of halogens is 1. The fourth-order valence-electron chi connectivity index (χ4n) is 1.79. The molecule has 0 aliphatic heterocycles. The van der Waals surface area contributed by atoms with Gasteiger partial charge in [0.1, 0.15) is 12.4 Å². The molecule has 0 heterocycles. The second-order valence-electron chi connectivity index (χ2n) is 4.23. The number of ether oxygens (including phenoxy) is 1. The summed E-state index contributed by atoms with van der Waals surface area (Å²) in [6.45, 7) is 2.54. The average Bonchev–Trinajstić information content (AvgIpc) is 2.45. The maximum absolute atomic E-state index is 11.0. The van der Waals surface area contributed by atoms with E-state index in [4.69, 9.17) is 16.3 Å². The van der Waals surface area contributed by atoms with Crippen LogP contribution in [0.3, 0.4) is 0 Å². The van der Waals surface area contributed by atoms with E-state index in [0.717, 1.165) is 18.3 Å². The number of hydrogen-bond donors (Lipinski definition) is 0. The van der Waals surface area contributed by atoms with Crippen molar-refractivity contribution in [3.63, 3.8) is 0 Å². The lowest BCUT2D eigenvalue weighted by Crippen LogP contribution is -1.99. The first-order valence-electron chi connectivity index (χ1n) is 6.19. The number of aryl methyl sites for hydroxylation is 1. The third kappa shape index (κ3) is 3.36. The highest BCUT2D eigenvalue weighted by Gasteiger charge is 2.07. The van der Waals surface area contributed by atoms with E-state index in [1.165, 1.54) is 5.56 Å². The van der Waals surface area contributed by atoms with Crippen LogP contribution in [-0.2, 0) is 13.0 Å². The quantitative estimate of drug-likeness (QED) is 0.760. The van der Waals surface area contributed by atoms with Crippen molar-refractivity contribution >= 4 is 17.9 Å². The second-order valence-corrected chi connectivity index (χ2v) is 4.64. The van der Waals surface area contributed by atoms with Gasteiger partial charge in [-0.3, -0.25) is 4.79 Å². The summed E-state index contributed by atoms with van der Waals surface area (Å²) in [6.07, 6.45) is 1.74. The zero-order valence-corrected chi connectivity index (χ0v) is 11.5. The molecule has 0 aliphatic carbocycles. The molecule has 3 heteroatoms. The van der Waals surface area contributed by atoms with Crippen LogP contribution in [0.2, 0.25) is 5.02 Å². The Morgan fingerprint density at radius 1 is 1.11 bits per heavy atom. The summed E-state index contributed by atoms with van der Waals surface area (Å²) >= 11 is 5.94. The molecule has 0 bridgehead atoms. The number of aldehydes is 1. The van der Waals surface area contributed by atoms with Crippen molar-refractivity contribution in [1.82, 2.24) is 0 Å². The zero-order valence-electron chi connectivity index (χ0n) is 10.7. The van der Waals surface area contributed by atoms with Crippen LogP contribution in [-0.4, -0.2) is 6.29 Å². The van der Waals surface area contributed by atoms with Gasteiger partial charge in [-0.25, -0.2) is 0 Å². The van der Waals surface area contributed by atoms with E-state index in [1.54, 1.807) is 18.2 Å². The van der Waals surface area contributed by atoms with Gasteiger partial charge in [-0.2, -0.15) is 0 Å². The summed E-state index contributed by atoms with van der Waals surface area (Å²) in [5, 5.41) is 0.411. The van der Waals surface area contributed by atoms with E-state index in [2.05, 4.69) is 19.1 Å². The van der Waals surface area contributed by atoms with Gasteiger partial charge in [0.25, 0.3) is 0 Å². The first-order valence-corrected chi connectivity index (χ1v) is 6.56. The predicted octanol–water partition coefficient (Wildman–Crippen LogP) is 4.29. The van der Waals surface area contributed by atoms with Crippen LogP contribution in [0.4, 0.5) is 0 Å². The number of carbonyl (C=O) groups is 1. The number of benzene rings is 2. The molecule has 2 rings (SSSR count). The second kappa shape index (κ2) is 6.39. The summed E-state index contributed by atoms with van der Waals surface area (Å²) < 4.78 is 5.65. The van der Waals surface area contributed by atoms with E-state index in [1.807, 2.05) is 12.1 Å². The Morgan fingerprint density at radius 2 is 1.79 bits per heavy atom. The number of carbonyl (C=O) groups excluding carboxylic acids is 1. The number of hydrogen-bond acceptors (Lipinski definition) is 2. The molecule has 0 atom stereocenters. The molecule has 2 aromatic carbocycles. The molecule has 2 nitrogen and oxygen atoms in total. The first-order chi connectivity index (χ1) is 9.24. The maximum Gasteiger partial charge on any atom is 0.155 e. The third-order valence-corrected chi connectivity index (χ3v) is 3.29. The Bertz CT molecular complexity index is 561. The van der Waals surface area contributed by atoms with Gasteiger partial charge in [-0.1, -0.05) is 48.9 Å². The molecule has 0 amide bonds. The molecule has 19 heavy (non-hydrogen) atoms. The Morgan fingerprint density at radius 3 is 2.42 bits per heavy atom. The van der Waals surface area contributed by atoms with Crippen molar-refractivity contribution in [3.8, 4) is 5.75 Å². The van der Waals surface area contributed by atoms with E-state index >= 15 is 0 Å². The van der Waals surface area contributed by atoms with E-state index in [9.17, 15) is 4.79 Å². The van der Waals surface area contributed by atoms with Gasteiger partial charge in [0.15, 0.2) is 6.29 Å². The van der Waals surface area contributed by atoms with Gasteiger partial charge in [0.2, 0.25) is 0 Å². The molecule has 0 aliphatic rings. The Labute approximate surface area is 118 Å². The summed E-state index contributed by atoms with van der Waals surface area (Å²) in [5.74, 6) is 0.516. The molecule has 0 saturated heterocycles. The molecule has 0 spiro atoms. The largest absolute Gasteiger partial charge is 0.488 e. The van der Waals surface area contributed by atoms with Gasteiger partial charge < -0.3 is 4.74 Å². The highest BCUT2D eigenvalue weighted by Crippen LogP contribution is 2.25. The zero-order chi connectivity index (χ0) is 13.7. The van der Waals surface area contributed by atoms with Crippen LogP contribution in [0.25, 0.3) is 0 Å². The van der Waals surface area contributed by atoms with E-state index in [0.29, 0.717) is 22.9 Å². The summed E-state index contributed by atoms with van der Waals surface area (Å²) in [4.78, 5) is 11.0. The van der Waals surface area contributed by atoms with Crippen molar-refractivity contribution in [2.45, 2.75) is 20.0 Å². The first kappa shape index (κ1) is 13.6. The van der Waals surface area contributed by atoms with Crippen LogP contribution in [0.1, 0.15) is 28.4 Å². The van der Waals surface area contributed by atoms with Crippen LogP contribution >= 0.6 is 11.6 Å². The standard InChI is InChI=1S/C16H15ClO2/c1-2-12-6-8-13(9-7-12)11-19-16-5-3-4-15(17)14(16)10-18/h3-10H,2,11H2,1H3. The lowest BCUT2D eigenvalue weighted by atomic mass is 10.1. The molecule has 0 aromatic heterocycles. The molecule has 98 valence electrons. The van der Waals surface area contributed by atoms with Gasteiger partial charge in [-0.05, 0) is 29.7 Å². The van der Waals surface area contributed by atoms with Crippen LogP contribution in [0.15, 0.2) is 42.5 Å². The fraction of sp³-hybridized carbons (Fsp3) is 0.188. The van der Waals surface area contributed by atoms with Gasteiger partial charge in [0.05, 0.1) is 10.6 Å². The summed E-state index contributed by atoms with van der Waals surface area (Å²) in [7, 11) is 0. The van der Waals surface area contributed by atoms with Gasteiger partial charge in [-0.15, -0.1) is 0 Å². The maximum atomic E-state index is 11.0. The topological polar surface area (TPSA) is 26.3 Å². The monoisotopic (exact) mass is 274 g/mol. The molecule has 0 fully saturated rings. The Balaban J connectivity index is 2.09. The molecule has 0 radical (unpaired) electrons. The molecule has 0 unspecified atom stereocenters. The highest BCUT2D eigenvalue weighted by atomic mass is 35.5. The Hall–Kier alpha value is -1.80. The third-order valence-electron chi connectivity index (χ3n) is 2.96. The van der Waals surface area contributed by atoms with Gasteiger partial charge in [0, 0.05) is 0 Å².